The van der Waals surface area contributed by atoms with Crippen molar-refractivity contribution in [2.45, 2.75) is 45.7 Å². The summed E-state index contributed by atoms with van der Waals surface area (Å²) in [5.41, 5.74) is 1.73. The molecule has 1 aromatic rings. The molecule has 1 unspecified atom stereocenters. The van der Waals surface area contributed by atoms with Crippen LogP contribution in [0.1, 0.15) is 41.5 Å². The van der Waals surface area contributed by atoms with E-state index < -0.39 is 11.5 Å². The molecule has 1 fully saturated rings. The van der Waals surface area contributed by atoms with Crippen molar-refractivity contribution in [2.75, 3.05) is 13.2 Å². The number of carboxylic acids is 1. The molecule has 1 aromatic heterocycles. The smallest absolute Gasteiger partial charge is 0.305 e. The summed E-state index contributed by atoms with van der Waals surface area (Å²) in [7, 11) is 0. The number of rotatable bonds is 5. The van der Waals surface area contributed by atoms with E-state index in [-0.39, 0.29) is 18.9 Å². The van der Waals surface area contributed by atoms with E-state index in [2.05, 4.69) is 9.88 Å². The van der Waals surface area contributed by atoms with Crippen LogP contribution in [0.4, 0.5) is 0 Å². The molecule has 1 atom stereocenters. The predicted molar refractivity (Wildman–Crippen MR) is 77.5 cm³/mol. The first kappa shape index (κ1) is 15.6. The second-order valence-electron chi connectivity index (χ2n) is 5.64. The number of hydrogen-bond donors (Lipinski definition) is 2. The van der Waals surface area contributed by atoms with Crippen LogP contribution in [-0.4, -0.2) is 40.3 Å². The Kier molecular flexibility index (Phi) is 4.37. The van der Waals surface area contributed by atoms with Gasteiger partial charge in [0.15, 0.2) is 0 Å². The van der Waals surface area contributed by atoms with Gasteiger partial charge in [-0.1, -0.05) is 0 Å². The molecule has 0 saturated carbocycles. The van der Waals surface area contributed by atoms with Crippen LogP contribution in [0.3, 0.4) is 0 Å². The molecule has 6 heteroatoms. The predicted octanol–water partition coefficient (Wildman–Crippen LogP) is 1.49. The topological polar surface area (TPSA) is 80.6 Å². The van der Waals surface area contributed by atoms with Gasteiger partial charge in [-0.2, -0.15) is 0 Å². The number of carboxylic acid groups (broad SMARTS) is 1. The first-order chi connectivity index (χ1) is 9.88. The maximum absolute atomic E-state index is 12.5. The van der Waals surface area contributed by atoms with Gasteiger partial charge in [0.2, 0.25) is 0 Å². The van der Waals surface area contributed by atoms with E-state index in [1.165, 1.54) is 0 Å². The fraction of sp³-hybridized carbons (Fsp3) is 0.600. The molecule has 0 aliphatic carbocycles. The van der Waals surface area contributed by atoms with E-state index in [1.807, 2.05) is 26.8 Å². The van der Waals surface area contributed by atoms with Crippen molar-refractivity contribution in [3.05, 3.63) is 23.0 Å². The van der Waals surface area contributed by atoms with E-state index in [0.29, 0.717) is 18.6 Å². The van der Waals surface area contributed by atoms with Crippen LogP contribution in [0.5, 0.6) is 0 Å². The third-order valence-electron chi connectivity index (χ3n) is 4.11. The van der Waals surface area contributed by atoms with Crippen LogP contribution < -0.4 is 5.32 Å². The maximum atomic E-state index is 12.5. The quantitative estimate of drug-likeness (QED) is 0.862. The van der Waals surface area contributed by atoms with Crippen molar-refractivity contribution in [1.82, 2.24) is 9.88 Å². The van der Waals surface area contributed by atoms with Crippen LogP contribution in [0, 0.1) is 13.8 Å². The normalized spacial score (nSPS) is 21.5. The van der Waals surface area contributed by atoms with Gasteiger partial charge in [0.1, 0.15) is 0 Å². The Hall–Kier alpha value is -1.82. The average molecular weight is 294 g/mol. The van der Waals surface area contributed by atoms with Gasteiger partial charge in [-0.3, -0.25) is 9.59 Å². The van der Waals surface area contributed by atoms with Crippen LogP contribution in [0.25, 0.3) is 0 Å². The summed E-state index contributed by atoms with van der Waals surface area (Å²) in [5, 5.41) is 11.9. The van der Waals surface area contributed by atoms with E-state index in [9.17, 15) is 9.59 Å². The van der Waals surface area contributed by atoms with Crippen LogP contribution >= 0.6 is 0 Å². The zero-order valence-electron chi connectivity index (χ0n) is 12.7. The average Bonchev–Trinajstić information content (AvgIpc) is 2.94. The van der Waals surface area contributed by atoms with Crippen molar-refractivity contribution in [3.63, 3.8) is 0 Å². The highest BCUT2D eigenvalue weighted by molar-refractivity contribution is 5.96. The number of amides is 1. The number of aryl methyl sites for hydroxylation is 1. The fourth-order valence-electron chi connectivity index (χ4n) is 3.00. The van der Waals surface area contributed by atoms with Crippen LogP contribution in [0.2, 0.25) is 0 Å². The lowest BCUT2D eigenvalue weighted by Gasteiger charge is -2.27. The van der Waals surface area contributed by atoms with Gasteiger partial charge in [0.25, 0.3) is 5.91 Å². The molecular formula is C15H22N2O4. The van der Waals surface area contributed by atoms with Crippen molar-refractivity contribution < 1.29 is 19.4 Å². The Morgan fingerprint density at radius 3 is 2.67 bits per heavy atom. The van der Waals surface area contributed by atoms with Crippen molar-refractivity contribution in [1.29, 1.82) is 0 Å². The number of carbonyl (C=O) groups is 2. The second kappa shape index (κ2) is 5.89. The van der Waals surface area contributed by atoms with Crippen molar-refractivity contribution in [3.8, 4) is 0 Å². The highest BCUT2D eigenvalue weighted by Crippen LogP contribution is 2.24. The van der Waals surface area contributed by atoms with E-state index >= 15 is 0 Å². The van der Waals surface area contributed by atoms with E-state index in [4.69, 9.17) is 9.84 Å². The molecular weight excluding hydrogens is 272 g/mol. The van der Waals surface area contributed by atoms with Gasteiger partial charge in [0.05, 0.1) is 24.1 Å². The van der Waals surface area contributed by atoms with Crippen LogP contribution in [-0.2, 0) is 16.1 Å². The summed E-state index contributed by atoms with van der Waals surface area (Å²) in [6.45, 7) is 7.41. The van der Waals surface area contributed by atoms with E-state index in [1.54, 1.807) is 0 Å². The molecule has 6 nitrogen and oxygen atoms in total. The standard InChI is InChI=1S/C15H22N2O4/c1-4-17-10(2)7-12(11(17)3)14(20)16-15(8-13(18)19)5-6-21-9-15/h7H,4-6,8-9H2,1-3H3,(H,16,20)(H,18,19). The Balaban J connectivity index is 2.22. The summed E-state index contributed by atoms with van der Waals surface area (Å²) in [5.74, 6) is -1.16. The molecule has 116 valence electrons. The lowest BCUT2D eigenvalue weighted by Crippen LogP contribution is -2.50. The minimum atomic E-state index is -0.931. The minimum Gasteiger partial charge on any atom is -0.481 e. The zero-order chi connectivity index (χ0) is 15.6. The number of carbonyl (C=O) groups excluding carboxylic acids is 1. The molecule has 0 radical (unpaired) electrons. The fourth-order valence-corrected chi connectivity index (χ4v) is 3.00. The Morgan fingerprint density at radius 1 is 1.48 bits per heavy atom. The SMILES string of the molecule is CCn1c(C)cc(C(=O)NC2(CC(=O)O)CCOC2)c1C. The second-order valence-corrected chi connectivity index (χ2v) is 5.64. The van der Waals surface area contributed by atoms with Crippen molar-refractivity contribution >= 4 is 11.9 Å². The lowest BCUT2D eigenvalue weighted by atomic mass is 9.93. The largest absolute Gasteiger partial charge is 0.481 e. The minimum absolute atomic E-state index is 0.120. The Bertz CT molecular complexity index is 556. The monoisotopic (exact) mass is 294 g/mol. The third-order valence-corrected chi connectivity index (χ3v) is 4.11. The van der Waals surface area contributed by atoms with Gasteiger partial charge in [-0.15, -0.1) is 0 Å². The summed E-state index contributed by atoms with van der Waals surface area (Å²) < 4.78 is 7.35. The van der Waals surface area contributed by atoms with Crippen LogP contribution in [0.15, 0.2) is 6.07 Å². The molecule has 0 spiro atoms. The van der Waals surface area contributed by atoms with E-state index in [0.717, 1.165) is 17.9 Å². The van der Waals surface area contributed by atoms with Gasteiger partial charge in [-0.25, -0.2) is 0 Å². The summed E-state index contributed by atoms with van der Waals surface area (Å²) in [4.78, 5) is 23.6. The molecule has 2 heterocycles. The summed E-state index contributed by atoms with van der Waals surface area (Å²) in [6, 6.07) is 1.85. The molecule has 0 bridgehead atoms. The molecule has 1 amide bonds. The third kappa shape index (κ3) is 3.10. The molecule has 1 aliphatic rings. The van der Waals surface area contributed by atoms with Crippen molar-refractivity contribution in [2.24, 2.45) is 0 Å². The first-order valence-electron chi connectivity index (χ1n) is 7.17. The summed E-state index contributed by atoms with van der Waals surface area (Å²) >= 11 is 0. The number of hydrogen-bond acceptors (Lipinski definition) is 3. The Labute approximate surface area is 124 Å². The highest BCUT2D eigenvalue weighted by atomic mass is 16.5. The van der Waals surface area contributed by atoms with Gasteiger partial charge >= 0.3 is 5.97 Å². The number of aromatic nitrogens is 1. The number of ether oxygens (including phenoxy) is 1. The van der Waals surface area contributed by atoms with Gasteiger partial charge < -0.3 is 19.7 Å². The number of nitrogens with one attached hydrogen (secondary N) is 1. The maximum Gasteiger partial charge on any atom is 0.305 e. The number of nitrogens with zero attached hydrogens (tertiary/aromatic N) is 1. The van der Waals surface area contributed by atoms with Gasteiger partial charge in [-0.05, 0) is 33.3 Å². The molecule has 1 saturated heterocycles. The van der Waals surface area contributed by atoms with Gasteiger partial charge in [0, 0.05) is 24.5 Å². The molecule has 0 aromatic carbocycles. The highest BCUT2D eigenvalue weighted by Gasteiger charge is 2.39. The zero-order valence-corrected chi connectivity index (χ0v) is 12.7. The lowest BCUT2D eigenvalue weighted by molar-refractivity contribution is -0.138. The number of aliphatic carboxylic acids is 1. The Morgan fingerprint density at radius 2 is 2.19 bits per heavy atom. The molecule has 21 heavy (non-hydrogen) atoms. The molecule has 2 rings (SSSR count). The first-order valence-corrected chi connectivity index (χ1v) is 7.17. The molecule has 1 aliphatic heterocycles. The summed E-state index contributed by atoms with van der Waals surface area (Å²) in [6.07, 6.45) is 0.406. The molecule has 2 N–H and O–H groups in total.